The Balaban J connectivity index is 0.000000504. The van der Waals surface area contributed by atoms with Gasteiger partial charge < -0.3 is 20.1 Å². The van der Waals surface area contributed by atoms with Gasteiger partial charge in [-0.1, -0.05) is 18.2 Å². The number of hydrogen-bond acceptors (Lipinski definition) is 7. The van der Waals surface area contributed by atoms with Crippen LogP contribution in [0.25, 0.3) is 0 Å². The smallest absolute Gasteiger partial charge is 0.274 e. The van der Waals surface area contributed by atoms with Crippen LogP contribution in [0.4, 0.5) is 20.2 Å². The molecule has 0 radical (unpaired) electrons. The first-order chi connectivity index (χ1) is 26.6. The van der Waals surface area contributed by atoms with E-state index < -0.39 is 11.9 Å². The molecule has 0 saturated heterocycles. The van der Waals surface area contributed by atoms with Crippen LogP contribution >= 0.6 is 11.6 Å². The van der Waals surface area contributed by atoms with Crippen LogP contribution in [0.1, 0.15) is 72.3 Å². The number of hydrazone groups is 1. The van der Waals surface area contributed by atoms with E-state index in [9.17, 15) is 28.0 Å². The number of nitrogens with zero attached hydrogens (tertiary/aromatic N) is 2. The molecule has 3 amide bonds. The van der Waals surface area contributed by atoms with E-state index in [1.54, 1.807) is 79.9 Å². The van der Waals surface area contributed by atoms with Gasteiger partial charge in [0, 0.05) is 45.7 Å². The molecular formula is C42H37ClF2N4O6. The van der Waals surface area contributed by atoms with Crippen LogP contribution < -0.4 is 20.1 Å². The van der Waals surface area contributed by atoms with Gasteiger partial charge in [-0.15, -0.1) is 0 Å². The quantitative estimate of drug-likeness (QED) is 0.129. The molecule has 0 aromatic heterocycles. The summed E-state index contributed by atoms with van der Waals surface area (Å²) in [6, 6.07) is 30.0. The summed E-state index contributed by atoms with van der Waals surface area (Å²) < 4.78 is 36.0. The minimum Gasteiger partial charge on any atom is -0.493 e. The molecule has 0 bridgehead atoms. The van der Waals surface area contributed by atoms with E-state index in [-0.39, 0.29) is 23.5 Å². The Morgan fingerprint density at radius 3 is 2.02 bits per heavy atom. The molecule has 6 rings (SSSR count). The van der Waals surface area contributed by atoms with Gasteiger partial charge in [-0.05, 0) is 134 Å². The number of hydrogen-bond donors (Lipinski definition) is 2. The number of carbonyl (C=O) groups is 4. The van der Waals surface area contributed by atoms with Gasteiger partial charge in [0.25, 0.3) is 23.0 Å². The molecule has 1 heterocycles. The molecule has 5 aromatic carbocycles. The average molecular weight is 767 g/mol. The minimum atomic E-state index is -0.596. The van der Waals surface area contributed by atoms with Gasteiger partial charge in [0.1, 0.15) is 12.5 Å². The summed E-state index contributed by atoms with van der Waals surface area (Å²) in [4.78, 5) is 49.3. The van der Waals surface area contributed by atoms with Crippen LogP contribution in [-0.2, 0) is 6.67 Å². The molecular weight excluding hydrogens is 730 g/mol. The summed E-state index contributed by atoms with van der Waals surface area (Å²) in [6.45, 7) is 2.27. The summed E-state index contributed by atoms with van der Waals surface area (Å²) >= 11 is 5.09. The van der Waals surface area contributed by atoms with Crippen molar-refractivity contribution in [1.82, 2.24) is 5.01 Å². The van der Waals surface area contributed by atoms with Crippen molar-refractivity contribution in [2.75, 3.05) is 30.9 Å². The van der Waals surface area contributed by atoms with Gasteiger partial charge in [0.2, 0.25) is 0 Å². The highest BCUT2D eigenvalue weighted by Gasteiger charge is 2.22. The number of benzene rings is 5. The van der Waals surface area contributed by atoms with E-state index in [1.807, 2.05) is 25.1 Å². The molecule has 282 valence electrons. The molecule has 10 nitrogen and oxygen atoms in total. The summed E-state index contributed by atoms with van der Waals surface area (Å²) in [5, 5.41) is 11.1. The number of amides is 3. The summed E-state index contributed by atoms with van der Waals surface area (Å²) in [7, 11) is 1.59. The fraction of sp³-hybridized carbons (Fsp3) is 0.167. The highest BCUT2D eigenvalue weighted by molar-refractivity contribution is 6.67. The maximum Gasteiger partial charge on any atom is 0.274 e. The van der Waals surface area contributed by atoms with Gasteiger partial charge in [-0.2, -0.15) is 5.10 Å². The largest absolute Gasteiger partial charge is 0.493 e. The first-order valence-electron chi connectivity index (χ1n) is 17.2. The lowest BCUT2D eigenvalue weighted by Gasteiger charge is -2.24. The second-order valence-electron chi connectivity index (χ2n) is 12.1. The molecule has 0 atom stereocenters. The van der Waals surface area contributed by atoms with E-state index in [0.29, 0.717) is 70.3 Å². The van der Waals surface area contributed by atoms with Crippen molar-refractivity contribution in [2.45, 2.75) is 26.4 Å². The zero-order chi connectivity index (χ0) is 39.3. The SMILES string of the molecule is CCOc1cc(C2=NN(C(=O)c3cccc(NC(=O)c4ccc(NC(=O)c5ccc(CF)cc5)cc4)c3)CCC2)ccc1OC.O=C(Cl)c1ccc(F)cc1. The standard InChI is InChI=1S/C35H33FN4O5.C7H4ClFO/c1-3-45-32-21-26(15-18-31(32)44-2)30-8-5-19-40(39-30)35(43)27-6-4-7-29(20-27)38-34(42)25-13-16-28(17-14-25)37-33(41)24-11-9-23(22-36)10-12-24;8-7(10)5-1-3-6(9)4-2-5/h4,6-7,9-18,20-21H,3,5,8,19,22H2,1-2H3,(H,37,41)(H,38,42);1-4H. The zero-order valence-electron chi connectivity index (χ0n) is 30.0. The van der Waals surface area contributed by atoms with Crippen molar-refractivity contribution >= 4 is 51.7 Å². The van der Waals surface area contributed by atoms with E-state index in [0.717, 1.165) is 17.7 Å². The molecule has 5 aromatic rings. The summed E-state index contributed by atoms with van der Waals surface area (Å²) in [6.07, 6.45) is 1.46. The van der Waals surface area contributed by atoms with Crippen molar-refractivity contribution in [2.24, 2.45) is 5.10 Å². The Morgan fingerprint density at radius 2 is 1.40 bits per heavy atom. The summed E-state index contributed by atoms with van der Waals surface area (Å²) in [5.74, 6) is -0.119. The van der Waals surface area contributed by atoms with Crippen LogP contribution in [0, 0.1) is 5.82 Å². The predicted octanol–water partition coefficient (Wildman–Crippen LogP) is 8.91. The minimum absolute atomic E-state index is 0.277. The Kier molecular flexibility index (Phi) is 13.8. The van der Waals surface area contributed by atoms with Crippen LogP contribution in [0.5, 0.6) is 11.5 Å². The Bertz CT molecular complexity index is 2180. The maximum absolute atomic E-state index is 13.4. The zero-order valence-corrected chi connectivity index (χ0v) is 30.7. The number of alkyl halides is 1. The van der Waals surface area contributed by atoms with Gasteiger partial charge in [0.15, 0.2) is 11.5 Å². The predicted molar refractivity (Wildman–Crippen MR) is 208 cm³/mol. The third-order valence-electron chi connectivity index (χ3n) is 8.27. The lowest BCUT2D eigenvalue weighted by atomic mass is 10.0. The second-order valence-corrected chi connectivity index (χ2v) is 12.4. The number of anilines is 2. The Labute approximate surface area is 321 Å². The highest BCUT2D eigenvalue weighted by Crippen LogP contribution is 2.30. The van der Waals surface area contributed by atoms with Crippen molar-refractivity contribution in [3.05, 3.63) is 154 Å². The van der Waals surface area contributed by atoms with Crippen LogP contribution in [0.3, 0.4) is 0 Å². The van der Waals surface area contributed by atoms with Crippen molar-refractivity contribution in [3.63, 3.8) is 0 Å². The molecule has 2 N–H and O–H groups in total. The molecule has 0 saturated carbocycles. The number of rotatable bonds is 11. The van der Waals surface area contributed by atoms with Gasteiger partial charge >= 0.3 is 0 Å². The summed E-state index contributed by atoms with van der Waals surface area (Å²) in [5.41, 5.74) is 4.55. The lowest BCUT2D eigenvalue weighted by Crippen LogP contribution is -2.32. The third-order valence-corrected chi connectivity index (χ3v) is 8.49. The molecule has 13 heteroatoms. The van der Waals surface area contributed by atoms with Crippen LogP contribution in [-0.4, -0.2) is 53.9 Å². The fourth-order valence-electron chi connectivity index (χ4n) is 5.43. The van der Waals surface area contributed by atoms with Crippen molar-refractivity contribution < 1.29 is 37.4 Å². The first kappa shape index (κ1) is 39.8. The van der Waals surface area contributed by atoms with Gasteiger partial charge in [0.05, 0.1) is 19.4 Å². The maximum atomic E-state index is 13.4. The number of carbonyl (C=O) groups excluding carboxylic acids is 4. The molecule has 0 spiro atoms. The van der Waals surface area contributed by atoms with Crippen molar-refractivity contribution in [3.8, 4) is 11.5 Å². The number of nitrogens with one attached hydrogen (secondary N) is 2. The van der Waals surface area contributed by atoms with Gasteiger partial charge in [-0.25, -0.2) is 13.8 Å². The third kappa shape index (κ3) is 10.8. The average Bonchev–Trinajstić information content (AvgIpc) is 3.21. The molecule has 1 aliphatic rings. The van der Waals surface area contributed by atoms with E-state index in [4.69, 9.17) is 21.1 Å². The van der Waals surface area contributed by atoms with E-state index >= 15 is 0 Å². The topological polar surface area (TPSA) is 126 Å². The molecule has 1 aliphatic heterocycles. The number of halogens is 3. The van der Waals surface area contributed by atoms with E-state index in [1.165, 1.54) is 29.3 Å². The van der Waals surface area contributed by atoms with Crippen LogP contribution in [0.2, 0.25) is 0 Å². The number of methoxy groups -OCH3 is 1. The molecule has 0 unspecified atom stereocenters. The fourth-order valence-corrected chi connectivity index (χ4v) is 5.56. The second kappa shape index (κ2) is 19.1. The number of ether oxygens (including phenoxy) is 2. The Hall–Kier alpha value is -6.40. The first-order valence-corrected chi connectivity index (χ1v) is 17.6. The van der Waals surface area contributed by atoms with Crippen molar-refractivity contribution in [1.29, 1.82) is 0 Å². The normalized spacial score (nSPS) is 12.0. The van der Waals surface area contributed by atoms with Crippen LogP contribution in [0.15, 0.2) is 120 Å². The molecule has 0 aliphatic carbocycles. The monoisotopic (exact) mass is 766 g/mol. The van der Waals surface area contributed by atoms with Gasteiger partial charge in [-0.3, -0.25) is 19.2 Å². The molecule has 0 fully saturated rings. The molecule has 55 heavy (non-hydrogen) atoms. The lowest BCUT2D eigenvalue weighted by molar-refractivity contribution is 0.0751. The highest BCUT2D eigenvalue weighted by atomic mass is 35.5. The van der Waals surface area contributed by atoms with E-state index in [2.05, 4.69) is 15.7 Å². The Morgan fingerprint density at radius 1 is 0.764 bits per heavy atom.